The Morgan fingerprint density at radius 2 is 2.04 bits per heavy atom. The van der Waals surface area contributed by atoms with E-state index in [-0.39, 0.29) is 18.3 Å². The van der Waals surface area contributed by atoms with Gasteiger partial charge in [-0.2, -0.15) is 0 Å². The largest absolute Gasteiger partial charge is 0.462 e. The van der Waals surface area contributed by atoms with E-state index in [1.165, 1.54) is 11.3 Å². The van der Waals surface area contributed by atoms with E-state index in [0.29, 0.717) is 44.2 Å². The fourth-order valence-electron chi connectivity index (χ4n) is 3.12. The lowest BCUT2D eigenvalue weighted by atomic mass is 10.1. The monoisotopic (exact) mass is 377 g/mol. The second kappa shape index (κ2) is 8.01. The molecular weight excluding hydrogens is 354 g/mol. The van der Waals surface area contributed by atoms with Crippen molar-refractivity contribution in [2.24, 2.45) is 0 Å². The molecule has 7 nitrogen and oxygen atoms in total. The van der Waals surface area contributed by atoms with Crippen molar-refractivity contribution in [1.29, 1.82) is 0 Å². The van der Waals surface area contributed by atoms with Crippen LogP contribution in [0.2, 0.25) is 0 Å². The zero-order valence-electron chi connectivity index (χ0n) is 15.3. The number of ether oxygens (including phenoxy) is 2. The molecule has 1 fully saturated rings. The molecule has 0 atom stereocenters. The highest BCUT2D eigenvalue weighted by molar-refractivity contribution is 7.10. The minimum absolute atomic E-state index is 0.0572. The van der Waals surface area contributed by atoms with Crippen molar-refractivity contribution in [3.63, 3.8) is 0 Å². The highest BCUT2D eigenvalue weighted by Crippen LogP contribution is 2.31. The number of hydrogen-bond acceptors (Lipinski definition) is 6. The maximum atomic E-state index is 12.4. The fraction of sp³-hybridized carbons (Fsp3) is 0.500. The summed E-state index contributed by atoms with van der Waals surface area (Å²) in [4.78, 5) is 34.3. The lowest BCUT2D eigenvalue weighted by molar-refractivity contribution is -0.134. The van der Waals surface area contributed by atoms with Gasteiger partial charge < -0.3 is 19.4 Å². The zero-order chi connectivity index (χ0) is 18.7. The molecule has 2 aromatic rings. The van der Waals surface area contributed by atoms with Gasteiger partial charge in [-0.05, 0) is 20.8 Å². The summed E-state index contributed by atoms with van der Waals surface area (Å²) in [5.41, 5.74) is 3.59. The predicted molar refractivity (Wildman–Crippen MR) is 98.4 cm³/mol. The molecule has 0 radical (unpaired) electrons. The molecule has 0 saturated carbocycles. The van der Waals surface area contributed by atoms with Gasteiger partial charge in [0, 0.05) is 35.4 Å². The fourth-order valence-corrected chi connectivity index (χ4v) is 3.90. The number of H-pyrrole nitrogens is 1. The lowest BCUT2D eigenvalue weighted by Crippen LogP contribution is -2.41. The van der Waals surface area contributed by atoms with Gasteiger partial charge in [0.2, 0.25) is 5.91 Å². The predicted octanol–water partition coefficient (Wildman–Crippen LogP) is 2.33. The number of morpholine rings is 1. The number of nitrogens with zero attached hydrogens (tertiary/aromatic N) is 2. The number of aryl methyl sites for hydroxylation is 2. The first-order valence-corrected chi connectivity index (χ1v) is 9.55. The number of esters is 1. The van der Waals surface area contributed by atoms with E-state index in [2.05, 4.69) is 9.97 Å². The first-order chi connectivity index (χ1) is 12.5. The first kappa shape index (κ1) is 18.6. The Balaban J connectivity index is 1.81. The van der Waals surface area contributed by atoms with Crippen molar-refractivity contribution < 1.29 is 19.1 Å². The molecule has 1 aliphatic heterocycles. The van der Waals surface area contributed by atoms with Gasteiger partial charge in [0.25, 0.3) is 0 Å². The molecule has 3 heterocycles. The smallest absolute Gasteiger partial charge is 0.340 e. The second-order valence-electron chi connectivity index (χ2n) is 6.14. The first-order valence-electron chi connectivity index (χ1n) is 8.67. The van der Waals surface area contributed by atoms with Gasteiger partial charge in [0.05, 0.1) is 37.5 Å². The minimum Gasteiger partial charge on any atom is -0.462 e. The molecule has 0 aromatic carbocycles. The van der Waals surface area contributed by atoms with Gasteiger partial charge >= 0.3 is 5.97 Å². The average molecular weight is 377 g/mol. The Morgan fingerprint density at radius 3 is 2.73 bits per heavy atom. The van der Waals surface area contributed by atoms with Gasteiger partial charge in [-0.3, -0.25) is 4.79 Å². The van der Waals surface area contributed by atoms with Crippen LogP contribution in [0.25, 0.3) is 11.3 Å². The highest BCUT2D eigenvalue weighted by Gasteiger charge is 2.24. The highest BCUT2D eigenvalue weighted by atomic mass is 32.1. The Hall–Kier alpha value is -2.19. The van der Waals surface area contributed by atoms with Crippen LogP contribution < -0.4 is 0 Å². The maximum absolute atomic E-state index is 12.4. The lowest BCUT2D eigenvalue weighted by Gasteiger charge is -2.26. The van der Waals surface area contributed by atoms with E-state index in [1.807, 2.05) is 19.2 Å². The number of rotatable bonds is 5. The number of aromatic nitrogens is 2. The van der Waals surface area contributed by atoms with Gasteiger partial charge in [-0.15, -0.1) is 11.3 Å². The SMILES string of the molecule is CCOC(=O)c1c(C)[nH]c(C)c1-c1csc(CC(=O)N2CCOCC2)n1. The molecule has 1 N–H and O–H groups in total. The Morgan fingerprint density at radius 1 is 1.31 bits per heavy atom. The Labute approximate surface area is 156 Å². The average Bonchev–Trinajstić information content (AvgIpc) is 3.19. The molecular formula is C18H23N3O4S. The van der Waals surface area contributed by atoms with Gasteiger partial charge in [0.15, 0.2) is 0 Å². The standard InChI is InChI=1S/C18H23N3O4S/c1-4-25-18(23)17-12(3)19-11(2)16(17)13-10-26-14(20-13)9-15(22)21-5-7-24-8-6-21/h10,19H,4-9H2,1-3H3. The third-order valence-electron chi connectivity index (χ3n) is 4.33. The summed E-state index contributed by atoms with van der Waals surface area (Å²) < 4.78 is 10.5. The summed E-state index contributed by atoms with van der Waals surface area (Å²) >= 11 is 1.43. The molecule has 3 rings (SSSR count). The number of carbonyl (C=O) groups is 2. The molecule has 0 bridgehead atoms. The van der Waals surface area contributed by atoms with Crippen molar-refractivity contribution >= 4 is 23.2 Å². The second-order valence-corrected chi connectivity index (χ2v) is 7.08. The van der Waals surface area contributed by atoms with Crippen LogP contribution in [0, 0.1) is 13.8 Å². The molecule has 2 aromatic heterocycles. The molecule has 1 saturated heterocycles. The topological polar surface area (TPSA) is 84.5 Å². The third kappa shape index (κ3) is 3.81. The molecule has 0 aliphatic carbocycles. The molecule has 8 heteroatoms. The quantitative estimate of drug-likeness (QED) is 0.809. The molecule has 140 valence electrons. The van der Waals surface area contributed by atoms with Gasteiger partial charge in [0.1, 0.15) is 5.01 Å². The van der Waals surface area contributed by atoms with Crippen LogP contribution in [0.15, 0.2) is 5.38 Å². The van der Waals surface area contributed by atoms with E-state index in [4.69, 9.17) is 9.47 Å². The van der Waals surface area contributed by atoms with Crippen molar-refractivity contribution in [3.05, 3.63) is 27.3 Å². The molecule has 26 heavy (non-hydrogen) atoms. The van der Waals surface area contributed by atoms with E-state index in [0.717, 1.165) is 22.0 Å². The van der Waals surface area contributed by atoms with Crippen LogP contribution in [-0.2, 0) is 20.7 Å². The Kier molecular flexibility index (Phi) is 5.73. The summed E-state index contributed by atoms with van der Waals surface area (Å²) in [6, 6.07) is 0. The number of hydrogen-bond donors (Lipinski definition) is 1. The van der Waals surface area contributed by atoms with E-state index < -0.39 is 0 Å². The van der Waals surface area contributed by atoms with Crippen LogP contribution in [0.3, 0.4) is 0 Å². The van der Waals surface area contributed by atoms with Crippen LogP contribution in [0.5, 0.6) is 0 Å². The van der Waals surface area contributed by atoms with E-state index in [9.17, 15) is 9.59 Å². The molecule has 0 unspecified atom stereocenters. The van der Waals surface area contributed by atoms with Crippen LogP contribution in [-0.4, -0.2) is 59.7 Å². The number of aromatic amines is 1. The molecule has 1 aliphatic rings. The normalized spacial score (nSPS) is 14.5. The van der Waals surface area contributed by atoms with Gasteiger partial charge in [-0.25, -0.2) is 9.78 Å². The van der Waals surface area contributed by atoms with Crippen molar-refractivity contribution in [2.45, 2.75) is 27.2 Å². The number of nitrogens with one attached hydrogen (secondary N) is 1. The maximum Gasteiger partial charge on any atom is 0.340 e. The van der Waals surface area contributed by atoms with Crippen LogP contribution in [0.1, 0.15) is 33.7 Å². The molecule has 1 amide bonds. The number of thiazole rings is 1. The van der Waals surface area contributed by atoms with Crippen molar-refractivity contribution in [2.75, 3.05) is 32.9 Å². The van der Waals surface area contributed by atoms with Crippen LogP contribution >= 0.6 is 11.3 Å². The third-order valence-corrected chi connectivity index (χ3v) is 5.18. The summed E-state index contributed by atoms with van der Waals surface area (Å²) in [5.74, 6) is -0.301. The number of amides is 1. The summed E-state index contributed by atoms with van der Waals surface area (Å²) in [6.07, 6.45) is 0.266. The van der Waals surface area contributed by atoms with Crippen LogP contribution in [0.4, 0.5) is 0 Å². The Bertz CT molecular complexity index is 805. The molecule has 0 spiro atoms. The zero-order valence-corrected chi connectivity index (χ0v) is 16.1. The van der Waals surface area contributed by atoms with E-state index in [1.54, 1.807) is 11.8 Å². The summed E-state index contributed by atoms with van der Waals surface area (Å²) in [6.45, 7) is 8.27. The summed E-state index contributed by atoms with van der Waals surface area (Å²) in [7, 11) is 0. The minimum atomic E-state index is -0.358. The number of carbonyl (C=O) groups excluding carboxylic acids is 2. The summed E-state index contributed by atoms with van der Waals surface area (Å²) in [5, 5.41) is 2.63. The van der Waals surface area contributed by atoms with Crippen molar-refractivity contribution in [3.8, 4) is 11.3 Å². The van der Waals surface area contributed by atoms with Gasteiger partial charge in [-0.1, -0.05) is 0 Å². The van der Waals surface area contributed by atoms with Crippen molar-refractivity contribution in [1.82, 2.24) is 14.9 Å². The van der Waals surface area contributed by atoms with E-state index >= 15 is 0 Å².